The summed E-state index contributed by atoms with van der Waals surface area (Å²) in [6, 6.07) is 6.29. The van der Waals surface area contributed by atoms with Crippen molar-refractivity contribution in [3.63, 3.8) is 0 Å². The molecule has 0 saturated heterocycles. The Hall–Kier alpha value is -1.75. The van der Waals surface area contributed by atoms with Crippen LogP contribution in [0.15, 0.2) is 24.3 Å². The largest absolute Gasteiger partial charge is 0.353 e. The van der Waals surface area contributed by atoms with Crippen molar-refractivity contribution in [3.05, 3.63) is 35.6 Å². The van der Waals surface area contributed by atoms with Crippen LogP contribution in [0.4, 0.5) is 4.39 Å². The fourth-order valence-electron chi connectivity index (χ4n) is 1.88. The number of benzene rings is 1. The average Bonchev–Trinajstić information content (AvgIpc) is 2.30. The van der Waals surface area contributed by atoms with E-state index in [1.165, 1.54) is 6.07 Å². The molecule has 0 atom stereocenters. The second kappa shape index (κ2) is 7.75. The van der Waals surface area contributed by atoms with E-state index in [0.29, 0.717) is 5.56 Å². The van der Waals surface area contributed by atoms with Gasteiger partial charge in [-0.2, -0.15) is 0 Å². The monoisotopic (exact) mass is 280 g/mol. The van der Waals surface area contributed by atoms with E-state index in [2.05, 4.69) is 5.32 Å². The molecule has 110 valence electrons. The predicted octanol–water partition coefficient (Wildman–Crippen LogP) is 1.39. The van der Waals surface area contributed by atoms with Crippen molar-refractivity contribution in [1.29, 1.82) is 0 Å². The van der Waals surface area contributed by atoms with Gasteiger partial charge in [0.15, 0.2) is 5.78 Å². The summed E-state index contributed by atoms with van der Waals surface area (Å²) in [5.41, 5.74) is 0.387. The minimum Gasteiger partial charge on any atom is -0.353 e. The SMILES string of the molecule is CC(C)NC(=O)CN(C)CC(=O)Cc1ccccc1F. The van der Waals surface area contributed by atoms with Gasteiger partial charge in [0.2, 0.25) is 5.91 Å². The molecule has 1 aromatic carbocycles. The Morgan fingerprint density at radius 2 is 1.90 bits per heavy atom. The van der Waals surface area contributed by atoms with Crippen LogP contribution in [0, 0.1) is 5.82 Å². The van der Waals surface area contributed by atoms with Crippen molar-refractivity contribution in [1.82, 2.24) is 10.2 Å². The lowest BCUT2D eigenvalue weighted by Gasteiger charge is -2.16. The molecule has 1 amide bonds. The van der Waals surface area contributed by atoms with Crippen LogP contribution in [-0.2, 0) is 16.0 Å². The molecule has 4 nitrogen and oxygen atoms in total. The maximum atomic E-state index is 13.4. The van der Waals surface area contributed by atoms with Crippen molar-refractivity contribution in [3.8, 4) is 0 Å². The Kier molecular flexibility index (Phi) is 6.31. The quantitative estimate of drug-likeness (QED) is 0.821. The molecule has 0 spiro atoms. The number of amides is 1. The van der Waals surface area contributed by atoms with E-state index in [1.807, 2.05) is 13.8 Å². The van der Waals surface area contributed by atoms with Crippen molar-refractivity contribution >= 4 is 11.7 Å². The number of rotatable bonds is 7. The Morgan fingerprint density at radius 1 is 1.25 bits per heavy atom. The number of halogens is 1. The van der Waals surface area contributed by atoms with Gasteiger partial charge in [0.05, 0.1) is 13.1 Å². The first-order valence-electron chi connectivity index (χ1n) is 6.61. The third-order valence-corrected chi connectivity index (χ3v) is 2.65. The highest BCUT2D eigenvalue weighted by Gasteiger charge is 2.13. The summed E-state index contributed by atoms with van der Waals surface area (Å²) in [6.07, 6.45) is 0.0445. The van der Waals surface area contributed by atoms with Crippen molar-refractivity contribution in [2.75, 3.05) is 20.1 Å². The molecule has 1 rings (SSSR count). The summed E-state index contributed by atoms with van der Waals surface area (Å²) in [4.78, 5) is 25.0. The summed E-state index contributed by atoms with van der Waals surface area (Å²) >= 11 is 0. The molecule has 1 N–H and O–H groups in total. The van der Waals surface area contributed by atoms with Crippen LogP contribution in [0.25, 0.3) is 0 Å². The van der Waals surface area contributed by atoms with E-state index in [-0.39, 0.29) is 43.1 Å². The number of hydrogen-bond acceptors (Lipinski definition) is 3. The van der Waals surface area contributed by atoms with Crippen LogP contribution >= 0.6 is 0 Å². The first kappa shape index (κ1) is 16.3. The van der Waals surface area contributed by atoms with Gasteiger partial charge < -0.3 is 5.32 Å². The molecule has 0 aliphatic rings. The minimum absolute atomic E-state index is 0.0445. The van der Waals surface area contributed by atoms with Gasteiger partial charge in [-0.05, 0) is 32.5 Å². The third kappa shape index (κ3) is 5.93. The highest BCUT2D eigenvalue weighted by atomic mass is 19.1. The van der Waals surface area contributed by atoms with Crippen LogP contribution in [0.3, 0.4) is 0 Å². The Morgan fingerprint density at radius 3 is 2.50 bits per heavy atom. The van der Waals surface area contributed by atoms with Gasteiger partial charge in [-0.3, -0.25) is 14.5 Å². The molecule has 0 radical (unpaired) electrons. The van der Waals surface area contributed by atoms with Crippen LogP contribution < -0.4 is 5.32 Å². The number of carbonyl (C=O) groups is 2. The second-order valence-electron chi connectivity index (χ2n) is 5.20. The van der Waals surface area contributed by atoms with Crippen molar-refractivity contribution in [2.45, 2.75) is 26.3 Å². The molecule has 1 aromatic rings. The lowest BCUT2D eigenvalue weighted by molar-refractivity contribution is -0.123. The molecule has 0 heterocycles. The number of likely N-dealkylation sites (N-methyl/N-ethyl adjacent to an activating group) is 1. The normalized spacial score (nSPS) is 10.9. The standard InChI is InChI=1S/C15H21FN2O2/c1-11(2)17-15(20)10-18(3)9-13(19)8-12-6-4-5-7-14(12)16/h4-7,11H,8-10H2,1-3H3,(H,17,20). The third-order valence-electron chi connectivity index (χ3n) is 2.65. The van der Waals surface area contributed by atoms with Crippen LogP contribution in [-0.4, -0.2) is 42.8 Å². The molecule has 0 aliphatic carbocycles. The van der Waals surface area contributed by atoms with Crippen LogP contribution in [0.2, 0.25) is 0 Å². The lowest BCUT2D eigenvalue weighted by atomic mass is 10.1. The molecule has 0 bridgehead atoms. The number of ketones is 1. The van der Waals surface area contributed by atoms with Gasteiger partial charge >= 0.3 is 0 Å². The average molecular weight is 280 g/mol. The lowest BCUT2D eigenvalue weighted by Crippen LogP contribution is -2.40. The summed E-state index contributed by atoms with van der Waals surface area (Å²) in [7, 11) is 1.69. The van der Waals surface area contributed by atoms with E-state index in [4.69, 9.17) is 0 Å². The number of Topliss-reactive ketones (excluding diaryl/α,β-unsaturated/α-hetero) is 1. The van der Waals surface area contributed by atoms with Gasteiger partial charge in [-0.15, -0.1) is 0 Å². The van der Waals surface area contributed by atoms with Crippen LogP contribution in [0.1, 0.15) is 19.4 Å². The van der Waals surface area contributed by atoms with Gasteiger partial charge in [0.25, 0.3) is 0 Å². The molecular weight excluding hydrogens is 259 g/mol. The zero-order valence-electron chi connectivity index (χ0n) is 12.1. The topological polar surface area (TPSA) is 49.4 Å². The molecule has 0 saturated carbocycles. The van der Waals surface area contributed by atoms with E-state index in [0.717, 1.165) is 0 Å². The van der Waals surface area contributed by atoms with E-state index >= 15 is 0 Å². The van der Waals surface area contributed by atoms with E-state index in [9.17, 15) is 14.0 Å². The molecular formula is C15H21FN2O2. The van der Waals surface area contributed by atoms with Crippen molar-refractivity contribution < 1.29 is 14.0 Å². The van der Waals surface area contributed by atoms with Crippen molar-refractivity contribution in [2.24, 2.45) is 0 Å². The van der Waals surface area contributed by atoms with Crippen LogP contribution in [0.5, 0.6) is 0 Å². The summed E-state index contributed by atoms with van der Waals surface area (Å²) in [6.45, 7) is 4.03. The Bertz CT molecular complexity index is 475. The summed E-state index contributed by atoms with van der Waals surface area (Å²) in [5, 5.41) is 2.75. The van der Waals surface area contributed by atoms with Gasteiger partial charge in [-0.25, -0.2) is 4.39 Å². The number of hydrogen-bond donors (Lipinski definition) is 1. The zero-order valence-corrected chi connectivity index (χ0v) is 12.1. The first-order chi connectivity index (χ1) is 9.38. The minimum atomic E-state index is -0.374. The second-order valence-corrected chi connectivity index (χ2v) is 5.20. The number of nitrogens with zero attached hydrogens (tertiary/aromatic N) is 1. The maximum absolute atomic E-state index is 13.4. The molecule has 5 heteroatoms. The molecule has 0 unspecified atom stereocenters. The molecule has 0 aromatic heterocycles. The fourth-order valence-corrected chi connectivity index (χ4v) is 1.88. The highest BCUT2D eigenvalue weighted by Crippen LogP contribution is 2.07. The molecule has 20 heavy (non-hydrogen) atoms. The van der Waals surface area contributed by atoms with E-state index < -0.39 is 0 Å². The molecule has 0 fully saturated rings. The smallest absolute Gasteiger partial charge is 0.234 e. The fraction of sp³-hybridized carbons (Fsp3) is 0.467. The summed E-state index contributed by atoms with van der Waals surface area (Å²) < 4.78 is 13.4. The Balaban J connectivity index is 2.42. The molecule has 0 aliphatic heterocycles. The Labute approximate surface area is 119 Å². The van der Waals surface area contributed by atoms with Gasteiger partial charge in [0, 0.05) is 12.5 Å². The maximum Gasteiger partial charge on any atom is 0.234 e. The van der Waals surface area contributed by atoms with Gasteiger partial charge in [-0.1, -0.05) is 18.2 Å². The zero-order chi connectivity index (χ0) is 15.1. The summed E-state index contributed by atoms with van der Waals surface area (Å²) in [5.74, 6) is -0.614. The predicted molar refractivity (Wildman–Crippen MR) is 75.9 cm³/mol. The highest BCUT2D eigenvalue weighted by molar-refractivity contribution is 5.84. The number of nitrogens with one attached hydrogen (secondary N) is 1. The first-order valence-corrected chi connectivity index (χ1v) is 6.61. The van der Waals surface area contributed by atoms with E-state index in [1.54, 1.807) is 30.1 Å². The van der Waals surface area contributed by atoms with Gasteiger partial charge in [0.1, 0.15) is 5.82 Å². The number of carbonyl (C=O) groups excluding carboxylic acids is 2.